The Bertz CT molecular complexity index is 967. The molecular weight excluding hydrogens is 361 g/mol. The fraction of sp³-hybridized carbons (Fsp3) is 0.227. The van der Waals surface area contributed by atoms with E-state index in [2.05, 4.69) is 5.32 Å². The lowest BCUT2D eigenvalue weighted by Gasteiger charge is -2.16. The number of hydrogen-bond acceptors (Lipinski definition) is 4. The third-order valence-electron chi connectivity index (χ3n) is 4.30. The van der Waals surface area contributed by atoms with E-state index in [4.69, 9.17) is 13.9 Å². The second-order valence-electron chi connectivity index (χ2n) is 6.18. The van der Waals surface area contributed by atoms with Gasteiger partial charge >= 0.3 is 0 Å². The predicted octanol–water partition coefficient (Wildman–Crippen LogP) is 4.98. The fourth-order valence-corrected chi connectivity index (χ4v) is 2.85. The third-order valence-corrected chi connectivity index (χ3v) is 4.30. The molecular formula is C22H22FNO4. The van der Waals surface area contributed by atoms with Crippen LogP contribution in [0.3, 0.4) is 0 Å². The summed E-state index contributed by atoms with van der Waals surface area (Å²) in [6, 6.07) is 14.6. The van der Waals surface area contributed by atoms with Gasteiger partial charge in [-0.3, -0.25) is 4.79 Å². The number of nitrogens with one attached hydrogen (secondary N) is 1. The average Bonchev–Trinajstić information content (AvgIpc) is 3.19. The molecule has 0 aliphatic carbocycles. The summed E-state index contributed by atoms with van der Waals surface area (Å²) in [7, 11) is 1.57. The molecule has 0 saturated heterocycles. The van der Waals surface area contributed by atoms with Crippen LogP contribution in [0.5, 0.6) is 11.5 Å². The van der Waals surface area contributed by atoms with Crippen LogP contribution >= 0.6 is 0 Å². The van der Waals surface area contributed by atoms with E-state index in [0.29, 0.717) is 29.4 Å². The summed E-state index contributed by atoms with van der Waals surface area (Å²) in [5, 5.41) is 2.87. The van der Waals surface area contributed by atoms with Crippen molar-refractivity contribution in [2.24, 2.45) is 0 Å². The molecule has 1 heterocycles. The molecule has 2 aromatic carbocycles. The van der Waals surface area contributed by atoms with Crippen LogP contribution in [-0.2, 0) is 0 Å². The summed E-state index contributed by atoms with van der Waals surface area (Å²) in [5.41, 5.74) is 1.17. The highest BCUT2D eigenvalue weighted by Gasteiger charge is 2.18. The van der Waals surface area contributed by atoms with Crippen LogP contribution in [0.25, 0.3) is 11.3 Å². The van der Waals surface area contributed by atoms with Crippen molar-refractivity contribution >= 4 is 5.91 Å². The van der Waals surface area contributed by atoms with Crippen LogP contribution in [0.2, 0.25) is 0 Å². The van der Waals surface area contributed by atoms with Crippen molar-refractivity contribution < 1.29 is 23.1 Å². The smallest absolute Gasteiger partial charge is 0.287 e. The van der Waals surface area contributed by atoms with Crippen LogP contribution in [0.15, 0.2) is 59.0 Å². The van der Waals surface area contributed by atoms with Gasteiger partial charge in [-0.25, -0.2) is 4.39 Å². The monoisotopic (exact) mass is 383 g/mol. The van der Waals surface area contributed by atoms with Crippen molar-refractivity contribution in [1.82, 2.24) is 5.32 Å². The molecule has 146 valence electrons. The first-order valence-electron chi connectivity index (χ1n) is 8.99. The highest BCUT2D eigenvalue weighted by atomic mass is 19.1. The number of benzene rings is 2. The zero-order valence-electron chi connectivity index (χ0n) is 16.0. The first-order chi connectivity index (χ1) is 13.5. The quantitative estimate of drug-likeness (QED) is 0.625. The number of rotatable bonds is 7. The summed E-state index contributed by atoms with van der Waals surface area (Å²) in [6.07, 6.45) is 0. The maximum absolute atomic E-state index is 13.9. The predicted molar refractivity (Wildman–Crippen MR) is 104 cm³/mol. The van der Waals surface area contributed by atoms with Gasteiger partial charge in [-0.2, -0.15) is 0 Å². The van der Waals surface area contributed by atoms with Crippen molar-refractivity contribution in [3.8, 4) is 22.8 Å². The second kappa shape index (κ2) is 8.61. The molecule has 0 spiro atoms. The number of halogens is 1. The van der Waals surface area contributed by atoms with Gasteiger partial charge in [-0.1, -0.05) is 18.2 Å². The van der Waals surface area contributed by atoms with Crippen LogP contribution in [0.4, 0.5) is 4.39 Å². The van der Waals surface area contributed by atoms with E-state index in [9.17, 15) is 9.18 Å². The van der Waals surface area contributed by atoms with Gasteiger partial charge in [0.05, 0.1) is 25.3 Å². The van der Waals surface area contributed by atoms with Gasteiger partial charge in [-0.05, 0) is 55.8 Å². The number of furan rings is 1. The van der Waals surface area contributed by atoms with Gasteiger partial charge in [0.1, 0.15) is 11.6 Å². The summed E-state index contributed by atoms with van der Waals surface area (Å²) < 4.78 is 30.3. The number of carbonyl (C=O) groups excluding carboxylic acids is 1. The van der Waals surface area contributed by atoms with Gasteiger partial charge in [-0.15, -0.1) is 0 Å². The van der Waals surface area contributed by atoms with Crippen LogP contribution in [-0.4, -0.2) is 19.6 Å². The summed E-state index contributed by atoms with van der Waals surface area (Å²) in [5.74, 6) is 0.872. The molecule has 0 bridgehead atoms. The largest absolute Gasteiger partial charge is 0.493 e. The number of amides is 1. The van der Waals surface area contributed by atoms with Gasteiger partial charge in [0.2, 0.25) is 0 Å². The number of hydrogen-bond donors (Lipinski definition) is 1. The Morgan fingerprint density at radius 3 is 2.64 bits per heavy atom. The van der Waals surface area contributed by atoms with E-state index in [1.807, 2.05) is 32.0 Å². The van der Waals surface area contributed by atoms with Gasteiger partial charge in [0.15, 0.2) is 17.3 Å². The normalized spacial score (nSPS) is 11.7. The molecule has 0 fully saturated rings. The molecule has 3 rings (SSSR count). The zero-order valence-corrected chi connectivity index (χ0v) is 16.0. The Labute approximate surface area is 163 Å². The van der Waals surface area contributed by atoms with E-state index in [-0.39, 0.29) is 17.7 Å². The van der Waals surface area contributed by atoms with Gasteiger partial charge in [0, 0.05) is 0 Å². The number of carbonyl (C=O) groups is 1. The Morgan fingerprint density at radius 1 is 1.14 bits per heavy atom. The molecule has 0 saturated carbocycles. The summed E-state index contributed by atoms with van der Waals surface area (Å²) in [4.78, 5) is 12.5. The fourth-order valence-electron chi connectivity index (χ4n) is 2.85. The van der Waals surface area contributed by atoms with Crippen molar-refractivity contribution in [2.45, 2.75) is 19.9 Å². The summed E-state index contributed by atoms with van der Waals surface area (Å²) in [6.45, 7) is 4.29. The molecule has 1 atom stereocenters. The topological polar surface area (TPSA) is 60.7 Å². The summed E-state index contributed by atoms with van der Waals surface area (Å²) >= 11 is 0. The Kier molecular flexibility index (Phi) is 5.99. The molecule has 3 aromatic rings. The zero-order chi connectivity index (χ0) is 20.1. The average molecular weight is 383 g/mol. The van der Waals surface area contributed by atoms with E-state index < -0.39 is 5.82 Å². The number of methoxy groups -OCH3 is 1. The maximum Gasteiger partial charge on any atom is 0.287 e. The van der Waals surface area contributed by atoms with Crippen molar-refractivity contribution in [1.29, 1.82) is 0 Å². The highest BCUT2D eigenvalue weighted by molar-refractivity contribution is 5.92. The van der Waals surface area contributed by atoms with Crippen molar-refractivity contribution in [3.05, 3.63) is 71.7 Å². The molecule has 0 radical (unpaired) electrons. The molecule has 1 N–H and O–H groups in total. The second-order valence-corrected chi connectivity index (χ2v) is 6.18. The van der Waals surface area contributed by atoms with E-state index in [1.54, 1.807) is 31.4 Å². The first kappa shape index (κ1) is 19.5. The molecule has 0 aliphatic rings. The minimum atomic E-state index is -0.404. The molecule has 0 aliphatic heterocycles. The lowest BCUT2D eigenvalue weighted by atomic mass is 10.1. The van der Waals surface area contributed by atoms with Gasteiger partial charge < -0.3 is 19.2 Å². The molecule has 1 amide bonds. The van der Waals surface area contributed by atoms with Crippen LogP contribution in [0.1, 0.15) is 36.0 Å². The number of ether oxygens (including phenoxy) is 2. The first-order valence-corrected chi connectivity index (χ1v) is 8.99. The molecule has 5 nitrogen and oxygen atoms in total. The van der Waals surface area contributed by atoms with E-state index in [1.165, 1.54) is 12.1 Å². The van der Waals surface area contributed by atoms with Crippen molar-refractivity contribution in [3.63, 3.8) is 0 Å². The van der Waals surface area contributed by atoms with Crippen LogP contribution in [0, 0.1) is 5.82 Å². The lowest BCUT2D eigenvalue weighted by molar-refractivity contribution is 0.0912. The van der Waals surface area contributed by atoms with Gasteiger partial charge in [0.25, 0.3) is 5.91 Å². The third kappa shape index (κ3) is 4.17. The Morgan fingerprint density at radius 2 is 1.93 bits per heavy atom. The molecule has 1 unspecified atom stereocenters. The SMILES string of the molecule is CCOc1ccc(C(C)NC(=O)c2ccc(-c3ccccc3F)o2)cc1OC. The van der Waals surface area contributed by atoms with Crippen molar-refractivity contribution in [2.75, 3.05) is 13.7 Å². The molecule has 28 heavy (non-hydrogen) atoms. The maximum atomic E-state index is 13.9. The van der Waals surface area contributed by atoms with E-state index in [0.717, 1.165) is 5.56 Å². The minimum Gasteiger partial charge on any atom is -0.493 e. The Balaban J connectivity index is 1.74. The molecule has 1 aromatic heterocycles. The Hall–Kier alpha value is -3.28. The van der Waals surface area contributed by atoms with Crippen LogP contribution < -0.4 is 14.8 Å². The lowest BCUT2D eigenvalue weighted by Crippen LogP contribution is -2.26. The highest BCUT2D eigenvalue weighted by Crippen LogP contribution is 2.30. The standard InChI is InChI=1S/C22H22FNO4/c1-4-27-19-10-9-15(13-21(19)26-3)14(2)24-22(25)20-12-11-18(28-20)16-7-5-6-8-17(16)23/h5-14H,4H2,1-3H3,(H,24,25). The van der Waals surface area contributed by atoms with E-state index >= 15 is 0 Å². The molecule has 6 heteroatoms. The minimum absolute atomic E-state index is 0.114.